The molecule has 0 aliphatic carbocycles. The van der Waals surface area contributed by atoms with E-state index in [4.69, 9.17) is 5.73 Å². The van der Waals surface area contributed by atoms with Crippen molar-refractivity contribution in [3.8, 4) is 0 Å². The minimum absolute atomic E-state index is 0.264. The largest absolute Gasteiger partial charge is 0.327 e. The Bertz CT molecular complexity index is 335. The third kappa shape index (κ3) is 2.81. The molecule has 1 saturated heterocycles. The first-order valence-corrected chi connectivity index (χ1v) is 6.95. The summed E-state index contributed by atoms with van der Waals surface area (Å²) in [7, 11) is 0. The van der Waals surface area contributed by atoms with Gasteiger partial charge < -0.3 is 5.73 Å². The third-order valence-corrected chi connectivity index (χ3v) is 4.13. The fourth-order valence-corrected chi connectivity index (χ4v) is 3.10. The predicted molar refractivity (Wildman–Crippen MR) is 68.5 cm³/mol. The van der Waals surface area contributed by atoms with Crippen LogP contribution in [-0.2, 0) is 6.54 Å². The maximum Gasteiger partial charge on any atom is 0.0897 e. The van der Waals surface area contributed by atoms with Gasteiger partial charge in [0.2, 0.25) is 0 Å². The van der Waals surface area contributed by atoms with Gasteiger partial charge in [-0.1, -0.05) is 6.42 Å². The van der Waals surface area contributed by atoms with Crippen molar-refractivity contribution in [2.75, 3.05) is 6.54 Å². The van der Waals surface area contributed by atoms with E-state index in [2.05, 4.69) is 29.1 Å². The van der Waals surface area contributed by atoms with Crippen molar-refractivity contribution >= 4 is 11.3 Å². The van der Waals surface area contributed by atoms with Gasteiger partial charge in [0.15, 0.2) is 0 Å². The standard InChI is InChI=1S/C12H21N3S/c1-9(13)12-5-3-4-6-15(12)7-11-8-16-10(2)14-11/h8-9,12H,3-7,13H2,1-2H3. The molecule has 4 heteroatoms. The van der Waals surface area contributed by atoms with Crippen LogP contribution in [-0.4, -0.2) is 28.5 Å². The van der Waals surface area contributed by atoms with E-state index in [0.717, 1.165) is 11.6 Å². The molecular weight excluding hydrogens is 218 g/mol. The lowest BCUT2D eigenvalue weighted by Gasteiger charge is -2.37. The molecule has 16 heavy (non-hydrogen) atoms. The number of aryl methyl sites for hydroxylation is 1. The van der Waals surface area contributed by atoms with E-state index in [1.807, 2.05) is 0 Å². The van der Waals surface area contributed by atoms with Crippen molar-refractivity contribution in [1.29, 1.82) is 0 Å². The summed E-state index contributed by atoms with van der Waals surface area (Å²) >= 11 is 1.73. The molecule has 1 aromatic heterocycles. The Morgan fingerprint density at radius 2 is 2.44 bits per heavy atom. The van der Waals surface area contributed by atoms with Crippen LogP contribution >= 0.6 is 11.3 Å². The smallest absolute Gasteiger partial charge is 0.0897 e. The van der Waals surface area contributed by atoms with Gasteiger partial charge in [-0.15, -0.1) is 11.3 Å². The number of nitrogens with zero attached hydrogens (tertiary/aromatic N) is 2. The average Bonchev–Trinajstić information content (AvgIpc) is 2.64. The Balaban J connectivity index is 2.01. The van der Waals surface area contributed by atoms with Crippen molar-refractivity contribution in [1.82, 2.24) is 9.88 Å². The molecule has 2 heterocycles. The van der Waals surface area contributed by atoms with Crippen LogP contribution in [0.5, 0.6) is 0 Å². The van der Waals surface area contributed by atoms with E-state index in [9.17, 15) is 0 Å². The van der Waals surface area contributed by atoms with E-state index >= 15 is 0 Å². The molecule has 0 radical (unpaired) electrons. The molecular formula is C12H21N3S. The quantitative estimate of drug-likeness (QED) is 0.879. The lowest BCUT2D eigenvalue weighted by atomic mass is 9.97. The van der Waals surface area contributed by atoms with Crippen LogP contribution in [0, 0.1) is 6.92 Å². The highest BCUT2D eigenvalue weighted by Crippen LogP contribution is 2.21. The van der Waals surface area contributed by atoms with Crippen LogP contribution < -0.4 is 5.73 Å². The second kappa shape index (κ2) is 5.25. The minimum atomic E-state index is 0.264. The molecule has 90 valence electrons. The summed E-state index contributed by atoms with van der Waals surface area (Å²) in [6, 6.07) is 0.802. The molecule has 0 bridgehead atoms. The van der Waals surface area contributed by atoms with Gasteiger partial charge in [-0.25, -0.2) is 4.98 Å². The van der Waals surface area contributed by atoms with E-state index in [0.29, 0.717) is 6.04 Å². The van der Waals surface area contributed by atoms with Crippen molar-refractivity contribution in [2.45, 2.75) is 51.7 Å². The zero-order valence-electron chi connectivity index (χ0n) is 10.1. The van der Waals surface area contributed by atoms with Crippen LogP contribution in [0.3, 0.4) is 0 Å². The van der Waals surface area contributed by atoms with Gasteiger partial charge in [0.05, 0.1) is 10.7 Å². The number of nitrogens with two attached hydrogens (primary N) is 1. The van der Waals surface area contributed by atoms with Crippen LogP contribution in [0.4, 0.5) is 0 Å². The maximum atomic E-state index is 6.06. The SMILES string of the molecule is Cc1nc(CN2CCCCC2C(C)N)cs1. The summed E-state index contributed by atoms with van der Waals surface area (Å²) in [6.45, 7) is 6.32. The predicted octanol–water partition coefficient (Wildman–Crippen LogP) is 2.15. The van der Waals surface area contributed by atoms with Crippen molar-refractivity contribution < 1.29 is 0 Å². The number of aromatic nitrogens is 1. The lowest BCUT2D eigenvalue weighted by Crippen LogP contribution is -2.48. The first kappa shape index (κ1) is 12.0. The minimum Gasteiger partial charge on any atom is -0.327 e. The lowest BCUT2D eigenvalue weighted by molar-refractivity contribution is 0.121. The molecule has 2 N–H and O–H groups in total. The van der Waals surface area contributed by atoms with Crippen molar-refractivity contribution in [3.63, 3.8) is 0 Å². The average molecular weight is 239 g/mol. The Morgan fingerprint density at radius 1 is 1.62 bits per heavy atom. The molecule has 3 nitrogen and oxygen atoms in total. The second-order valence-electron chi connectivity index (χ2n) is 4.75. The fraction of sp³-hybridized carbons (Fsp3) is 0.750. The number of piperidine rings is 1. The highest BCUT2D eigenvalue weighted by atomic mass is 32.1. The molecule has 2 rings (SSSR count). The number of hydrogen-bond acceptors (Lipinski definition) is 4. The molecule has 0 saturated carbocycles. The van der Waals surface area contributed by atoms with Gasteiger partial charge in [-0.2, -0.15) is 0 Å². The van der Waals surface area contributed by atoms with E-state index in [1.54, 1.807) is 11.3 Å². The Kier molecular flexibility index (Phi) is 3.95. The summed E-state index contributed by atoms with van der Waals surface area (Å²) in [6.07, 6.45) is 3.85. The maximum absolute atomic E-state index is 6.06. The van der Waals surface area contributed by atoms with Crippen molar-refractivity contribution in [3.05, 3.63) is 16.1 Å². The highest BCUT2D eigenvalue weighted by Gasteiger charge is 2.25. The zero-order chi connectivity index (χ0) is 11.5. The first-order valence-electron chi connectivity index (χ1n) is 6.07. The summed E-state index contributed by atoms with van der Waals surface area (Å²) in [4.78, 5) is 7.04. The van der Waals surface area contributed by atoms with Crippen LogP contribution in [0.15, 0.2) is 5.38 Å². The van der Waals surface area contributed by atoms with Gasteiger partial charge in [0, 0.05) is 24.0 Å². The first-order chi connectivity index (χ1) is 7.66. The van der Waals surface area contributed by atoms with Crippen LogP contribution in [0.2, 0.25) is 0 Å². The van der Waals surface area contributed by atoms with E-state index in [-0.39, 0.29) is 6.04 Å². The van der Waals surface area contributed by atoms with Gasteiger partial charge in [-0.05, 0) is 33.2 Å². The molecule has 1 fully saturated rings. The number of rotatable bonds is 3. The third-order valence-electron chi connectivity index (χ3n) is 3.30. The summed E-state index contributed by atoms with van der Waals surface area (Å²) in [5.74, 6) is 0. The molecule has 0 spiro atoms. The molecule has 0 aromatic carbocycles. The summed E-state index contributed by atoms with van der Waals surface area (Å²) in [5.41, 5.74) is 7.26. The number of hydrogen-bond donors (Lipinski definition) is 1. The van der Waals surface area contributed by atoms with Gasteiger partial charge in [-0.3, -0.25) is 4.90 Å². The monoisotopic (exact) mass is 239 g/mol. The second-order valence-corrected chi connectivity index (χ2v) is 5.81. The molecule has 1 aliphatic heterocycles. The fourth-order valence-electron chi connectivity index (χ4n) is 2.50. The van der Waals surface area contributed by atoms with Crippen LogP contribution in [0.25, 0.3) is 0 Å². The molecule has 2 atom stereocenters. The van der Waals surface area contributed by atoms with E-state index < -0.39 is 0 Å². The number of likely N-dealkylation sites (tertiary alicyclic amines) is 1. The Hall–Kier alpha value is -0.450. The number of thiazole rings is 1. The van der Waals surface area contributed by atoms with Gasteiger partial charge in [0.25, 0.3) is 0 Å². The highest BCUT2D eigenvalue weighted by molar-refractivity contribution is 7.09. The molecule has 1 aromatic rings. The van der Waals surface area contributed by atoms with E-state index in [1.165, 1.54) is 31.5 Å². The Labute approximate surface area is 102 Å². The topological polar surface area (TPSA) is 42.2 Å². The molecule has 2 unspecified atom stereocenters. The summed E-state index contributed by atoms with van der Waals surface area (Å²) in [5, 5.41) is 3.33. The van der Waals surface area contributed by atoms with Crippen LogP contribution in [0.1, 0.15) is 36.9 Å². The van der Waals surface area contributed by atoms with Gasteiger partial charge in [0.1, 0.15) is 0 Å². The van der Waals surface area contributed by atoms with Crippen molar-refractivity contribution in [2.24, 2.45) is 5.73 Å². The molecule has 1 aliphatic rings. The Morgan fingerprint density at radius 3 is 3.06 bits per heavy atom. The van der Waals surface area contributed by atoms with Gasteiger partial charge >= 0.3 is 0 Å². The summed E-state index contributed by atoms with van der Waals surface area (Å²) < 4.78 is 0. The zero-order valence-corrected chi connectivity index (χ0v) is 11.0. The normalized spacial score (nSPS) is 24.6. The molecule has 0 amide bonds.